The molecule has 0 saturated heterocycles. The van der Waals surface area contributed by atoms with Crippen LogP contribution in [0.25, 0.3) is 0 Å². The lowest BCUT2D eigenvalue weighted by Crippen LogP contribution is -2.21. The van der Waals surface area contributed by atoms with E-state index in [4.69, 9.17) is 16.7 Å². The highest BCUT2D eigenvalue weighted by Gasteiger charge is 2.22. The lowest BCUT2D eigenvalue weighted by Gasteiger charge is -2.13. The zero-order valence-corrected chi connectivity index (χ0v) is 10.1. The molecule has 1 atom stereocenters. The Balaban J connectivity index is 3.05. The van der Waals surface area contributed by atoms with Crippen LogP contribution >= 0.6 is 11.6 Å². The van der Waals surface area contributed by atoms with Crippen molar-refractivity contribution in [2.45, 2.75) is 25.0 Å². The first-order valence-corrected chi connectivity index (χ1v) is 6.71. The second kappa shape index (κ2) is 4.96. The van der Waals surface area contributed by atoms with Crippen LogP contribution in [0.4, 0.5) is 0 Å². The fraction of sp³-hybridized carbons (Fsp3) is 0.400. The molecule has 0 bridgehead atoms. The van der Waals surface area contributed by atoms with E-state index in [1.165, 1.54) is 0 Å². The molecule has 5 heteroatoms. The van der Waals surface area contributed by atoms with Gasteiger partial charge in [-0.1, -0.05) is 37.1 Å². The van der Waals surface area contributed by atoms with Crippen LogP contribution in [0, 0.1) is 0 Å². The Kier molecular flexibility index (Phi) is 4.13. The van der Waals surface area contributed by atoms with Crippen LogP contribution in [0.15, 0.2) is 24.3 Å². The third-order valence-corrected chi connectivity index (χ3v) is 3.74. The van der Waals surface area contributed by atoms with Gasteiger partial charge in [-0.25, -0.2) is 13.6 Å². The van der Waals surface area contributed by atoms with Gasteiger partial charge >= 0.3 is 0 Å². The molecule has 1 unspecified atom stereocenters. The fourth-order valence-electron chi connectivity index (χ4n) is 1.46. The summed E-state index contributed by atoms with van der Waals surface area (Å²) >= 11 is 5.73. The highest BCUT2D eigenvalue weighted by molar-refractivity contribution is 7.89. The van der Waals surface area contributed by atoms with Gasteiger partial charge in [0, 0.05) is 5.02 Å². The normalized spacial score (nSPS) is 13.8. The van der Waals surface area contributed by atoms with Crippen LogP contribution in [0.3, 0.4) is 0 Å². The second-order valence-electron chi connectivity index (χ2n) is 3.42. The van der Waals surface area contributed by atoms with E-state index in [0.29, 0.717) is 17.0 Å². The van der Waals surface area contributed by atoms with Crippen LogP contribution in [0.1, 0.15) is 30.6 Å². The number of benzene rings is 1. The van der Waals surface area contributed by atoms with Crippen molar-refractivity contribution >= 4 is 21.6 Å². The van der Waals surface area contributed by atoms with Crippen molar-refractivity contribution in [1.82, 2.24) is 0 Å². The van der Waals surface area contributed by atoms with E-state index < -0.39 is 15.3 Å². The maximum absolute atomic E-state index is 11.4. The van der Waals surface area contributed by atoms with Crippen molar-refractivity contribution < 1.29 is 8.42 Å². The number of hydrogen-bond donors (Lipinski definition) is 1. The summed E-state index contributed by atoms with van der Waals surface area (Å²) in [5.74, 6) is 0. The van der Waals surface area contributed by atoms with Crippen molar-refractivity contribution in [2.24, 2.45) is 5.14 Å². The van der Waals surface area contributed by atoms with Gasteiger partial charge in [0.25, 0.3) is 0 Å². The van der Waals surface area contributed by atoms with Gasteiger partial charge in [-0.15, -0.1) is 0 Å². The monoisotopic (exact) mass is 247 g/mol. The van der Waals surface area contributed by atoms with Crippen molar-refractivity contribution in [3.8, 4) is 0 Å². The number of hydrogen-bond acceptors (Lipinski definition) is 2. The van der Waals surface area contributed by atoms with Gasteiger partial charge in [0.15, 0.2) is 0 Å². The van der Waals surface area contributed by atoms with Crippen molar-refractivity contribution in [2.75, 3.05) is 0 Å². The molecule has 15 heavy (non-hydrogen) atoms. The predicted octanol–water partition coefficient (Wildman–Crippen LogP) is 2.47. The molecule has 0 aromatic heterocycles. The minimum atomic E-state index is -3.54. The third-order valence-electron chi connectivity index (χ3n) is 2.19. The maximum Gasteiger partial charge on any atom is 0.216 e. The largest absolute Gasteiger partial charge is 0.228 e. The Labute approximate surface area is 95.3 Å². The topological polar surface area (TPSA) is 60.2 Å². The maximum atomic E-state index is 11.4. The van der Waals surface area contributed by atoms with E-state index in [0.717, 1.165) is 6.42 Å². The van der Waals surface area contributed by atoms with E-state index >= 15 is 0 Å². The van der Waals surface area contributed by atoms with E-state index in [-0.39, 0.29) is 0 Å². The summed E-state index contributed by atoms with van der Waals surface area (Å²) in [6, 6.07) is 6.75. The number of rotatable bonds is 4. The van der Waals surface area contributed by atoms with E-state index in [1.807, 2.05) is 6.92 Å². The van der Waals surface area contributed by atoms with Crippen LogP contribution in [0.2, 0.25) is 5.02 Å². The quantitative estimate of drug-likeness (QED) is 0.889. The second-order valence-corrected chi connectivity index (χ2v) is 5.60. The first-order chi connectivity index (χ1) is 6.95. The number of halogens is 1. The van der Waals surface area contributed by atoms with Gasteiger partial charge in [-0.3, -0.25) is 0 Å². The summed E-state index contributed by atoms with van der Waals surface area (Å²) in [6.07, 6.45) is 1.30. The van der Waals surface area contributed by atoms with Gasteiger partial charge in [-0.2, -0.15) is 0 Å². The van der Waals surface area contributed by atoms with E-state index in [1.54, 1.807) is 24.3 Å². The molecule has 0 aliphatic rings. The van der Waals surface area contributed by atoms with Crippen LogP contribution < -0.4 is 5.14 Å². The SMILES string of the molecule is CCCC(c1ccc(Cl)cc1)S(N)(=O)=O. The summed E-state index contributed by atoms with van der Waals surface area (Å²) < 4.78 is 22.7. The lowest BCUT2D eigenvalue weighted by atomic mass is 10.1. The van der Waals surface area contributed by atoms with Gasteiger partial charge in [-0.05, 0) is 24.1 Å². The Morgan fingerprint density at radius 1 is 1.33 bits per heavy atom. The van der Waals surface area contributed by atoms with Gasteiger partial charge in [0.05, 0.1) is 0 Å². The summed E-state index contributed by atoms with van der Waals surface area (Å²) in [6.45, 7) is 1.92. The summed E-state index contributed by atoms with van der Waals surface area (Å²) in [4.78, 5) is 0. The third kappa shape index (κ3) is 3.48. The average Bonchev–Trinajstić information content (AvgIpc) is 2.14. The predicted molar refractivity (Wildman–Crippen MR) is 62.2 cm³/mol. The molecule has 0 fully saturated rings. The molecule has 0 radical (unpaired) electrons. The molecular weight excluding hydrogens is 234 g/mol. The molecule has 0 aliphatic carbocycles. The van der Waals surface area contributed by atoms with Crippen molar-refractivity contribution in [3.05, 3.63) is 34.9 Å². The first-order valence-electron chi connectivity index (χ1n) is 4.72. The van der Waals surface area contributed by atoms with Gasteiger partial charge < -0.3 is 0 Å². The van der Waals surface area contributed by atoms with Crippen molar-refractivity contribution in [3.63, 3.8) is 0 Å². The van der Waals surface area contributed by atoms with Gasteiger partial charge in [0.2, 0.25) is 10.0 Å². The average molecular weight is 248 g/mol. The van der Waals surface area contributed by atoms with Crippen LogP contribution in [-0.2, 0) is 10.0 Å². The molecular formula is C10H14ClNO2S. The molecule has 0 saturated carbocycles. The van der Waals surface area contributed by atoms with Crippen LogP contribution in [-0.4, -0.2) is 8.42 Å². The minimum Gasteiger partial charge on any atom is -0.228 e. The fourth-order valence-corrected chi connectivity index (χ4v) is 2.69. The van der Waals surface area contributed by atoms with Crippen LogP contribution in [0.5, 0.6) is 0 Å². The van der Waals surface area contributed by atoms with E-state index in [9.17, 15) is 8.42 Å². The molecule has 1 aromatic rings. The highest BCUT2D eigenvalue weighted by Crippen LogP contribution is 2.26. The summed E-state index contributed by atoms with van der Waals surface area (Å²) in [5.41, 5.74) is 0.698. The molecule has 0 amide bonds. The van der Waals surface area contributed by atoms with Crippen molar-refractivity contribution in [1.29, 1.82) is 0 Å². The summed E-state index contributed by atoms with van der Waals surface area (Å²) in [7, 11) is -3.54. The first kappa shape index (κ1) is 12.5. The number of primary sulfonamides is 1. The molecule has 0 heterocycles. The smallest absolute Gasteiger partial charge is 0.216 e. The number of sulfonamides is 1. The van der Waals surface area contributed by atoms with E-state index in [2.05, 4.69) is 0 Å². The molecule has 84 valence electrons. The minimum absolute atomic E-state index is 0.528. The zero-order valence-electron chi connectivity index (χ0n) is 8.48. The Morgan fingerprint density at radius 2 is 1.87 bits per heavy atom. The molecule has 0 aliphatic heterocycles. The Hall–Kier alpha value is -0.580. The number of nitrogens with two attached hydrogens (primary N) is 1. The van der Waals surface area contributed by atoms with Gasteiger partial charge in [0.1, 0.15) is 5.25 Å². The summed E-state index contributed by atoms with van der Waals surface area (Å²) in [5, 5.41) is 5.14. The Bertz CT molecular complexity index is 414. The zero-order chi connectivity index (χ0) is 11.5. The Morgan fingerprint density at radius 3 is 2.27 bits per heavy atom. The highest BCUT2D eigenvalue weighted by atomic mass is 35.5. The molecule has 0 spiro atoms. The lowest BCUT2D eigenvalue weighted by molar-refractivity contribution is 0.575. The standard InChI is InChI=1S/C10H14ClNO2S/c1-2-3-10(15(12,13)14)8-4-6-9(11)7-5-8/h4-7,10H,2-3H2,1H3,(H2,12,13,14). The molecule has 1 aromatic carbocycles. The molecule has 3 nitrogen and oxygen atoms in total. The molecule has 2 N–H and O–H groups in total. The molecule has 1 rings (SSSR count).